The molecule has 1 unspecified atom stereocenters. The zero-order valence-corrected chi connectivity index (χ0v) is 42.0. The van der Waals surface area contributed by atoms with Crippen molar-refractivity contribution in [2.45, 2.75) is 134 Å². The van der Waals surface area contributed by atoms with Crippen LogP contribution < -0.4 is 26.2 Å². The lowest BCUT2D eigenvalue weighted by Gasteiger charge is -2.37. The molecule has 69 heavy (non-hydrogen) atoms. The maximum atomic E-state index is 14.0. The number of likely N-dealkylation sites (tertiary alicyclic amines) is 2. The van der Waals surface area contributed by atoms with Gasteiger partial charge in [0, 0.05) is 38.9 Å². The van der Waals surface area contributed by atoms with Crippen molar-refractivity contribution in [3.05, 3.63) is 75.9 Å². The summed E-state index contributed by atoms with van der Waals surface area (Å²) in [5.74, 6) is 0.803. The summed E-state index contributed by atoms with van der Waals surface area (Å²) in [7, 11) is 6.10. The van der Waals surface area contributed by atoms with Gasteiger partial charge in [0.25, 0.3) is 0 Å². The molecule has 8 rings (SSSR count). The van der Waals surface area contributed by atoms with E-state index >= 15 is 0 Å². The Hall–Kier alpha value is -5.94. The second kappa shape index (κ2) is 20.2. The fraction of sp³-hybridized carbons (Fsp3) is 0.577. The van der Waals surface area contributed by atoms with E-state index in [1.165, 1.54) is 19.8 Å². The minimum atomic E-state index is -0.734. The molecule has 0 radical (unpaired) electrons. The molecule has 0 saturated carbocycles. The number of hydrogen-bond acceptors (Lipinski definition) is 11. The van der Waals surface area contributed by atoms with Gasteiger partial charge in [0.2, 0.25) is 11.8 Å². The van der Waals surface area contributed by atoms with Crippen molar-refractivity contribution in [1.29, 1.82) is 0 Å². The summed E-state index contributed by atoms with van der Waals surface area (Å²) >= 11 is 0. The molecule has 4 N–H and O–H groups in total. The molecule has 1 aliphatic carbocycles. The molecule has 2 aromatic carbocycles. The van der Waals surface area contributed by atoms with E-state index in [9.17, 15) is 19.2 Å². The monoisotopic (exact) mass is 950 g/mol. The fourth-order valence-electron chi connectivity index (χ4n) is 11.1. The zero-order chi connectivity index (χ0) is 49.5. The van der Waals surface area contributed by atoms with E-state index in [0.717, 1.165) is 64.5 Å². The van der Waals surface area contributed by atoms with Gasteiger partial charge >= 0.3 is 12.2 Å². The van der Waals surface area contributed by atoms with Crippen LogP contribution in [-0.4, -0.2) is 126 Å². The zero-order valence-electron chi connectivity index (χ0n) is 42.0. The second-order valence-electron chi connectivity index (χ2n) is 20.7. The molecule has 9 atom stereocenters. The van der Waals surface area contributed by atoms with E-state index in [2.05, 4.69) is 94.8 Å². The number of aromatic nitrogens is 4. The molecule has 3 saturated heterocycles. The summed E-state index contributed by atoms with van der Waals surface area (Å²) < 4.78 is 22.7. The molecule has 372 valence electrons. The third kappa shape index (κ3) is 9.68. The summed E-state index contributed by atoms with van der Waals surface area (Å²) in [6.45, 7) is 15.4. The van der Waals surface area contributed by atoms with Gasteiger partial charge in [-0.05, 0) is 84.7 Å². The highest BCUT2D eigenvalue weighted by Crippen LogP contribution is 2.47. The molecular weight excluding hydrogens is 879 g/mol. The topological polar surface area (TPSA) is 196 Å². The van der Waals surface area contributed by atoms with Gasteiger partial charge in [-0.2, -0.15) is 0 Å². The first kappa shape index (κ1) is 49.5. The van der Waals surface area contributed by atoms with Crippen LogP contribution >= 0.6 is 0 Å². The van der Waals surface area contributed by atoms with Crippen molar-refractivity contribution < 1.29 is 38.1 Å². The number of nitrogens with one attached hydrogen (secondary N) is 4. The number of H-pyrrole nitrogens is 2. The quantitative estimate of drug-likeness (QED) is 0.124. The van der Waals surface area contributed by atoms with Crippen LogP contribution in [-0.2, 0) is 34.0 Å². The van der Waals surface area contributed by atoms with E-state index in [1.807, 2.05) is 43.6 Å². The second-order valence-corrected chi connectivity index (χ2v) is 20.7. The van der Waals surface area contributed by atoms with Crippen LogP contribution in [0.25, 0.3) is 23.2 Å². The van der Waals surface area contributed by atoms with Crippen molar-refractivity contribution in [3.63, 3.8) is 0 Å². The van der Waals surface area contributed by atoms with Gasteiger partial charge in [-0.25, -0.2) is 19.6 Å². The number of anilines is 1. The molecule has 3 aliphatic heterocycles. The van der Waals surface area contributed by atoms with Crippen LogP contribution in [0, 0.1) is 17.8 Å². The molecule has 2 aromatic heterocycles. The number of rotatable bonds is 13. The van der Waals surface area contributed by atoms with Crippen molar-refractivity contribution >= 4 is 52.9 Å². The molecule has 4 aromatic rings. The van der Waals surface area contributed by atoms with Gasteiger partial charge in [-0.15, -0.1) is 0 Å². The summed E-state index contributed by atoms with van der Waals surface area (Å²) in [5, 5.41) is 7.24. The Kier molecular flexibility index (Phi) is 14.5. The average Bonchev–Trinajstić information content (AvgIpc) is 4.19. The highest BCUT2D eigenvalue weighted by molar-refractivity contribution is 5.87. The summed E-state index contributed by atoms with van der Waals surface area (Å²) in [4.78, 5) is 76.0. The van der Waals surface area contributed by atoms with E-state index in [-0.39, 0.29) is 71.4 Å². The van der Waals surface area contributed by atoms with Crippen molar-refractivity contribution in [2.75, 3.05) is 46.4 Å². The number of nitrogens with zero attached hydrogens (tertiary/aromatic N) is 5. The van der Waals surface area contributed by atoms with Crippen LogP contribution in [0.5, 0.6) is 0 Å². The van der Waals surface area contributed by atoms with Crippen molar-refractivity contribution in [2.24, 2.45) is 17.8 Å². The molecule has 4 aliphatic rings. The third-order valence-electron chi connectivity index (χ3n) is 14.7. The van der Waals surface area contributed by atoms with Gasteiger partial charge in [0.1, 0.15) is 35.9 Å². The number of imidazole rings is 2. The van der Waals surface area contributed by atoms with Crippen molar-refractivity contribution in [1.82, 2.24) is 40.4 Å². The van der Waals surface area contributed by atoms with Crippen LogP contribution in [0.1, 0.15) is 121 Å². The van der Waals surface area contributed by atoms with Gasteiger partial charge in [-0.3, -0.25) is 9.59 Å². The average molecular weight is 950 g/mol. The number of methoxy groups -OCH3 is 4. The fourth-order valence-corrected chi connectivity index (χ4v) is 11.1. The maximum absolute atomic E-state index is 14.0. The first-order chi connectivity index (χ1) is 33.0. The van der Waals surface area contributed by atoms with Gasteiger partial charge in [0.15, 0.2) is 0 Å². The largest absolute Gasteiger partial charge is 0.453 e. The van der Waals surface area contributed by atoms with Crippen LogP contribution in [0.2, 0.25) is 0 Å². The highest BCUT2D eigenvalue weighted by atomic mass is 16.5. The number of aromatic amines is 2. The Labute approximate surface area is 404 Å². The lowest BCUT2D eigenvalue weighted by atomic mass is 9.86. The summed E-state index contributed by atoms with van der Waals surface area (Å²) in [6, 6.07) is 12.7. The Balaban J connectivity index is 1.14. The normalized spacial score (nSPS) is 24.5. The Bertz CT molecular complexity index is 2640. The number of fused-ring (bicyclic) bond motifs is 2. The van der Waals surface area contributed by atoms with Crippen molar-refractivity contribution in [3.8, 4) is 0 Å². The van der Waals surface area contributed by atoms with E-state index < -0.39 is 24.3 Å². The lowest BCUT2D eigenvalue weighted by molar-refractivity contribution is -0.136. The highest BCUT2D eigenvalue weighted by Gasteiger charge is 2.53. The number of amides is 4. The maximum Gasteiger partial charge on any atom is 0.407 e. The number of ether oxygens (including phenoxy) is 4. The van der Waals surface area contributed by atoms with Gasteiger partial charge < -0.3 is 54.2 Å². The Morgan fingerprint density at radius 2 is 1.30 bits per heavy atom. The van der Waals surface area contributed by atoms with Crippen LogP contribution in [0.15, 0.2) is 42.5 Å². The van der Waals surface area contributed by atoms with Gasteiger partial charge in [0.05, 0.1) is 60.1 Å². The SMILES string of the molecule is COC(=O)N[C@H](C(=O)N1CCC[C@H]1c1nc2c([nH]1)=CC([C@H]1[C@@H](OC)[C@H](OC)[C@H](c3ccc4nc([C@@H]5CCCN5C(=O)[C@@H](NC(=O)OC)C(C)C)[nH]c4c3)N1c1ccc(C(C)(C)C)cc1)CC=2)C(C)C. The lowest BCUT2D eigenvalue weighted by Crippen LogP contribution is -2.51. The predicted molar refractivity (Wildman–Crippen MR) is 262 cm³/mol. The van der Waals surface area contributed by atoms with E-state index in [4.69, 9.17) is 28.9 Å². The first-order valence-electron chi connectivity index (χ1n) is 24.5. The first-order valence-corrected chi connectivity index (χ1v) is 24.5. The Morgan fingerprint density at radius 1 is 0.739 bits per heavy atom. The minimum absolute atomic E-state index is 0.0340. The molecule has 0 spiro atoms. The molecule has 0 bridgehead atoms. The van der Waals surface area contributed by atoms with Crippen LogP contribution in [0.3, 0.4) is 0 Å². The third-order valence-corrected chi connectivity index (χ3v) is 14.7. The van der Waals surface area contributed by atoms with E-state index in [0.29, 0.717) is 25.3 Å². The molecule has 5 heterocycles. The molecule has 3 fully saturated rings. The predicted octanol–water partition coefficient (Wildman–Crippen LogP) is 5.91. The summed E-state index contributed by atoms with van der Waals surface area (Å²) in [5.41, 5.74) is 4.87. The number of hydrogen-bond donors (Lipinski definition) is 4. The number of carbonyl (C=O) groups is 4. The van der Waals surface area contributed by atoms with Gasteiger partial charge in [-0.1, -0.05) is 78.8 Å². The number of carbonyl (C=O) groups excluding carboxylic acids is 4. The summed E-state index contributed by atoms with van der Waals surface area (Å²) in [6.07, 6.45) is 6.28. The molecule has 17 heteroatoms. The molecule has 17 nitrogen and oxygen atoms in total. The molecular formula is C52H71N9O8. The Morgan fingerprint density at radius 3 is 1.83 bits per heavy atom. The minimum Gasteiger partial charge on any atom is -0.453 e. The number of benzene rings is 2. The smallest absolute Gasteiger partial charge is 0.407 e. The number of alkyl carbamates (subject to hydrolysis) is 2. The van der Waals surface area contributed by atoms with Crippen LogP contribution in [0.4, 0.5) is 15.3 Å². The van der Waals surface area contributed by atoms with E-state index in [1.54, 1.807) is 14.2 Å². The standard InChI is InChI=1S/C52H71N9O8/c1-28(2)40(57-50(64)68-10)48(62)59-24-12-14-38(59)46-53-34-22-16-30(26-36(34)55-46)42-44(66-8)45(67-9)43(61(42)33-20-18-32(19-21-33)52(5,6)7)31-17-23-35-37(27-31)56-47(54-35)39-15-13-25-60(39)49(63)41(29(3)4)58-51(65)69-11/h16,18-23,26-29,31,38-45H,12-15,17,24-25H2,1-11H3,(H,53,55)(H,54,56)(H,57,64)(H,58,65)/t31?,38-,39-,40-,41-,42-,43-,44+,45+/m0/s1. The molecule has 4 amide bonds.